The third kappa shape index (κ3) is 2.94. The summed E-state index contributed by atoms with van der Waals surface area (Å²) in [6.45, 7) is 10.7. The van der Waals surface area contributed by atoms with Crippen molar-refractivity contribution in [3.8, 4) is 0 Å². The molecule has 0 N–H and O–H groups in total. The molecule has 0 saturated heterocycles. The van der Waals surface area contributed by atoms with E-state index in [0.717, 1.165) is 19.3 Å². The third-order valence-electron chi connectivity index (χ3n) is 7.91. The van der Waals surface area contributed by atoms with Gasteiger partial charge in [0.15, 0.2) is 0 Å². The average Bonchev–Trinajstić information content (AvgIpc) is 2.89. The summed E-state index contributed by atoms with van der Waals surface area (Å²) in [5.74, 6) is -0.921. The predicted octanol–water partition coefficient (Wildman–Crippen LogP) is 3.25. The van der Waals surface area contributed by atoms with E-state index in [2.05, 4.69) is 19.0 Å². The molecular weight excluding hydrogens is 362 g/mol. The molecule has 3 saturated carbocycles. The van der Waals surface area contributed by atoms with E-state index >= 15 is 0 Å². The summed E-state index contributed by atoms with van der Waals surface area (Å²) >= 11 is 0. The Bertz CT molecular complexity index is 732. The van der Waals surface area contributed by atoms with E-state index in [1.54, 1.807) is 0 Å². The molecule has 0 amide bonds. The molecule has 156 valence electrons. The minimum Gasteiger partial charge on any atom is -0.465 e. The number of carbonyl (C=O) groups is 3. The number of hydrogen-bond acceptors (Lipinski definition) is 7. The Hall–Kier alpha value is -1.92. The quantitative estimate of drug-likeness (QED) is 0.414. The van der Waals surface area contributed by atoms with E-state index in [4.69, 9.17) is 14.3 Å². The van der Waals surface area contributed by atoms with Crippen molar-refractivity contribution in [1.29, 1.82) is 0 Å². The second kappa shape index (κ2) is 6.85. The number of ether oxygens (including phenoxy) is 2. The van der Waals surface area contributed by atoms with Crippen molar-refractivity contribution in [2.75, 3.05) is 6.61 Å². The average molecular weight is 393 g/mol. The van der Waals surface area contributed by atoms with Gasteiger partial charge in [-0.25, -0.2) is 4.79 Å². The normalized spacial score (nSPS) is 42.8. The lowest BCUT2D eigenvalue weighted by atomic mass is 9.62. The highest BCUT2D eigenvalue weighted by Crippen LogP contribution is 2.74. The summed E-state index contributed by atoms with van der Waals surface area (Å²) in [4.78, 5) is 39.9. The Morgan fingerprint density at radius 1 is 1.00 bits per heavy atom. The highest BCUT2D eigenvalue weighted by Gasteiger charge is 2.74. The molecule has 0 radical (unpaired) electrons. The van der Waals surface area contributed by atoms with Gasteiger partial charge in [-0.3, -0.25) is 9.59 Å². The maximum Gasteiger partial charge on any atom is 0.331 e. The predicted molar refractivity (Wildman–Crippen MR) is 101 cm³/mol. The fraction of sp³-hybridized carbons (Fsp3) is 0.810. The second-order valence-electron chi connectivity index (χ2n) is 9.35. The maximum atomic E-state index is 12.0. The molecule has 7 heteroatoms. The molecule has 0 aromatic rings. The summed E-state index contributed by atoms with van der Waals surface area (Å²) in [7, 11) is 0. The summed E-state index contributed by atoms with van der Waals surface area (Å²) in [5.41, 5.74) is -0.146. The number of rotatable bonds is 4. The number of oxime groups is 1. The molecular formula is C21H31NO6. The Balaban J connectivity index is 2.11. The molecule has 6 atom stereocenters. The molecule has 4 bridgehead atoms. The zero-order chi connectivity index (χ0) is 20.9. The second-order valence-corrected chi connectivity index (χ2v) is 9.35. The van der Waals surface area contributed by atoms with Crippen LogP contribution in [0.4, 0.5) is 0 Å². The first-order valence-electron chi connectivity index (χ1n) is 10.0. The largest absolute Gasteiger partial charge is 0.465 e. The van der Waals surface area contributed by atoms with Crippen LogP contribution < -0.4 is 0 Å². The van der Waals surface area contributed by atoms with Gasteiger partial charge in [0.1, 0.15) is 12.7 Å². The van der Waals surface area contributed by atoms with Gasteiger partial charge in [-0.15, -0.1) is 0 Å². The van der Waals surface area contributed by atoms with E-state index in [9.17, 15) is 14.4 Å². The van der Waals surface area contributed by atoms with Gasteiger partial charge in [-0.2, -0.15) is 0 Å². The first-order chi connectivity index (χ1) is 13.0. The Morgan fingerprint density at radius 2 is 1.68 bits per heavy atom. The lowest BCUT2D eigenvalue weighted by Gasteiger charge is -2.47. The highest BCUT2D eigenvalue weighted by molar-refractivity contribution is 5.91. The molecule has 7 nitrogen and oxygen atoms in total. The summed E-state index contributed by atoms with van der Waals surface area (Å²) in [5, 5.41) is 4.18. The Labute approximate surface area is 166 Å². The Morgan fingerprint density at radius 3 is 2.25 bits per heavy atom. The zero-order valence-corrected chi connectivity index (χ0v) is 17.7. The van der Waals surface area contributed by atoms with Crippen LogP contribution in [0.1, 0.15) is 67.2 Å². The summed E-state index contributed by atoms with van der Waals surface area (Å²) in [6, 6.07) is 0. The summed E-state index contributed by atoms with van der Waals surface area (Å²) < 4.78 is 11.4. The molecule has 0 aromatic carbocycles. The van der Waals surface area contributed by atoms with E-state index < -0.39 is 11.4 Å². The molecule has 0 aromatic heterocycles. The van der Waals surface area contributed by atoms with Crippen LogP contribution in [0.15, 0.2) is 5.16 Å². The molecule has 0 aliphatic heterocycles. The van der Waals surface area contributed by atoms with Gasteiger partial charge >= 0.3 is 17.9 Å². The monoisotopic (exact) mass is 393 g/mol. The van der Waals surface area contributed by atoms with Gasteiger partial charge in [0.25, 0.3) is 0 Å². The number of nitrogens with zero attached hydrogens (tertiary/aromatic N) is 1. The maximum absolute atomic E-state index is 12.0. The topological polar surface area (TPSA) is 91.3 Å². The molecule has 3 aliphatic rings. The molecule has 3 rings (SSSR count). The van der Waals surface area contributed by atoms with Crippen LogP contribution in [0.5, 0.6) is 0 Å². The molecule has 5 unspecified atom stereocenters. The minimum absolute atomic E-state index is 0.0250. The minimum atomic E-state index is -0.679. The van der Waals surface area contributed by atoms with Crippen LogP contribution in [-0.2, 0) is 28.7 Å². The van der Waals surface area contributed by atoms with Crippen molar-refractivity contribution in [3.63, 3.8) is 0 Å². The molecule has 0 heterocycles. The van der Waals surface area contributed by atoms with E-state index in [1.165, 1.54) is 20.8 Å². The SMILES string of the molecule is CC(=O)OC[C@@]1(C)/C(=N/OC(C)=O)CCC2(C)C3CCC2(C)C(OC(C)=O)C31. The van der Waals surface area contributed by atoms with Gasteiger partial charge in [0.05, 0.1) is 11.1 Å². The van der Waals surface area contributed by atoms with Gasteiger partial charge in [0.2, 0.25) is 0 Å². The van der Waals surface area contributed by atoms with Crippen LogP contribution >= 0.6 is 0 Å². The fourth-order valence-corrected chi connectivity index (χ4v) is 6.32. The van der Waals surface area contributed by atoms with Gasteiger partial charge < -0.3 is 14.3 Å². The zero-order valence-electron chi connectivity index (χ0n) is 17.7. The fourth-order valence-electron chi connectivity index (χ4n) is 6.32. The molecule has 0 spiro atoms. The third-order valence-corrected chi connectivity index (χ3v) is 7.91. The summed E-state index contributed by atoms with van der Waals surface area (Å²) in [6.07, 6.45) is 3.25. The smallest absolute Gasteiger partial charge is 0.331 e. The van der Waals surface area contributed by atoms with Crippen molar-refractivity contribution in [2.45, 2.75) is 73.3 Å². The number of esters is 2. The molecule has 28 heavy (non-hydrogen) atoms. The van der Waals surface area contributed by atoms with Gasteiger partial charge in [-0.05, 0) is 37.0 Å². The van der Waals surface area contributed by atoms with Gasteiger partial charge in [-0.1, -0.05) is 25.9 Å². The van der Waals surface area contributed by atoms with Crippen molar-refractivity contribution in [1.82, 2.24) is 0 Å². The van der Waals surface area contributed by atoms with Crippen LogP contribution in [0.25, 0.3) is 0 Å². The van der Waals surface area contributed by atoms with Crippen molar-refractivity contribution >= 4 is 23.6 Å². The van der Waals surface area contributed by atoms with Crippen molar-refractivity contribution in [3.05, 3.63) is 0 Å². The van der Waals surface area contributed by atoms with Crippen molar-refractivity contribution < 1.29 is 28.7 Å². The van der Waals surface area contributed by atoms with E-state index in [0.29, 0.717) is 18.1 Å². The first-order valence-corrected chi connectivity index (χ1v) is 10.0. The standard InChI is InChI=1S/C21H31NO6/c1-12(23)26-11-19(4)16(22-28-14(3)25)8-10-20(5)15-7-9-21(20,6)18(17(15)19)27-13(2)24/h15,17-18H,7-11H2,1-6H3/b22-16+/t15?,17?,18?,19-,20?,21?/m0/s1. The molecule has 3 aliphatic carbocycles. The molecule has 3 fully saturated rings. The Kier molecular flexibility index (Phi) is 5.09. The lowest BCUT2D eigenvalue weighted by molar-refractivity contribution is -0.164. The number of carbonyl (C=O) groups excluding carboxylic acids is 3. The highest BCUT2D eigenvalue weighted by atomic mass is 16.7. The first kappa shape index (κ1) is 20.8. The van der Waals surface area contributed by atoms with E-state index in [1.807, 2.05) is 6.92 Å². The van der Waals surface area contributed by atoms with Crippen LogP contribution in [0.2, 0.25) is 0 Å². The van der Waals surface area contributed by atoms with Crippen molar-refractivity contribution in [2.24, 2.45) is 33.2 Å². The van der Waals surface area contributed by atoms with Crippen LogP contribution in [0, 0.1) is 28.1 Å². The van der Waals surface area contributed by atoms with E-state index in [-0.39, 0.29) is 41.4 Å². The lowest BCUT2D eigenvalue weighted by Crippen LogP contribution is -2.52. The number of hydrogen-bond donors (Lipinski definition) is 0. The van der Waals surface area contributed by atoms with Crippen LogP contribution in [0.3, 0.4) is 0 Å². The van der Waals surface area contributed by atoms with Gasteiger partial charge in [0, 0.05) is 32.1 Å². The van der Waals surface area contributed by atoms with Crippen LogP contribution in [-0.4, -0.2) is 36.3 Å².